The molecule has 0 aliphatic carbocycles. The molecule has 2 aromatic rings. The summed E-state index contributed by atoms with van der Waals surface area (Å²) in [5.74, 6) is -0.104. The molecule has 156 valence electrons. The molecule has 0 radical (unpaired) electrons. The number of amides is 2. The number of ether oxygens (including phenoxy) is 2. The van der Waals surface area contributed by atoms with Crippen LogP contribution in [0.4, 0.5) is 11.4 Å². The molecule has 0 bridgehead atoms. The highest BCUT2D eigenvalue weighted by Gasteiger charge is 2.43. The number of nitrogens with zero attached hydrogens (tertiary/aromatic N) is 3. The van der Waals surface area contributed by atoms with Gasteiger partial charge in [-0.25, -0.2) is 4.90 Å². The molecule has 2 amide bonds. The first-order valence-electron chi connectivity index (χ1n) is 9.89. The van der Waals surface area contributed by atoms with E-state index in [1.54, 1.807) is 25.3 Å². The zero-order valence-electron chi connectivity index (χ0n) is 17.4. The molecule has 0 unspecified atom stereocenters. The number of hydrogen-bond donors (Lipinski definition) is 0. The molecule has 0 spiro atoms. The summed E-state index contributed by atoms with van der Waals surface area (Å²) < 4.78 is 10.9. The van der Waals surface area contributed by atoms with Gasteiger partial charge in [-0.2, -0.15) is 0 Å². The van der Waals surface area contributed by atoms with Crippen LogP contribution < -0.4 is 14.5 Å². The van der Waals surface area contributed by atoms with Crippen molar-refractivity contribution >= 4 is 28.8 Å². The SMILES string of the molecule is COc1ccccc1C1=C(N2CCOCC2)C(=O)N(c2ccc(N(C)C)cc2)C1=O. The lowest BCUT2D eigenvalue weighted by Gasteiger charge is -2.29. The third-order valence-electron chi connectivity index (χ3n) is 5.39. The van der Waals surface area contributed by atoms with Gasteiger partial charge in [0.05, 0.1) is 31.6 Å². The largest absolute Gasteiger partial charge is 0.496 e. The first-order chi connectivity index (χ1) is 14.5. The molecule has 0 atom stereocenters. The highest BCUT2D eigenvalue weighted by atomic mass is 16.5. The Morgan fingerprint density at radius 1 is 0.933 bits per heavy atom. The van der Waals surface area contributed by atoms with E-state index in [-0.39, 0.29) is 11.8 Å². The molecule has 0 N–H and O–H groups in total. The third kappa shape index (κ3) is 3.41. The summed E-state index contributed by atoms with van der Waals surface area (Å²) in [6.45, 7) is 2.14. The Morgan fingerprint density at radius 2 is 1.60 bits per heavy atom. The van der Waals surface area contributed by atoms with Crippen molar-refractivity contribution in [3.63, 3.8) is 0 Å². The lowest BCUT2D eigenvalue weighted by atomic mass is 10.0. The van der Waals surface area contributed by atoms with Crippen LogP contribution in [0, 0.1) is 0 Å². The second-order valence-electron chi connectivity index (χ2n) is 7.38. The Kier molecular flexibility index (Phi) is 5.46. The minimum absolute atomic E-state index is 0.319. The molecule has 1 fully saturated rings. The van der Waals surface area contributed by atoms with Crippen molar-refractivity contribution in [2.24, 2.45) is 0 Å². The predicted octanol–water partition coefficient (Wildman–Crippen LogP) is 2.38. The smallest absolute Gasteiger partial charge is 0.282 e. The van der Waals surface area contributed by atoms with Crippen LogP contribution >= 0.6 is 0 Å². The zero-order chi connectivity index (χ0) is 21.3. The standard InChI is InChI=1S/C23H25N3O4/c1-24(2)16-8-10-17(11-9-16)26-22(27)20(18-6-4-5-7-19(18)29-3)21(23(26)28)25-12-14-30-15-13-25/h4-11H,12-15H2,1-3H3. The van der Waals surface area contributed by atoms with Gasteiger partial charge in [0.1, 0.15) is 11.4 Å². The highest BCUT2D eigenvalue weighted by molar-refractivity contribution is 6.45. The number of para-hydroxylation sites is 1. The Balaban J connectivity index is 1.81. The van der Waals surface area contributed by atoms with Crippen molar-refractivity contribution in [1.29, 1.82) is 0 Å². The minimum atomic E-state index is -0.344. The average molecular weight is 407 g/mol. The first kappa shape index (κ1) is 20.0. The second kappa shape index (κ2) is 8.20. The normalized spacial score (nSPS) is 17.0. The van der Waals surface area contributed by atoms with E-state index in [4.69, 9.17) is 9.47 Å². The van der Waals surface area contributed by atoms with Crippen LogP contribution in [0.3, 0.4) is 0 Å². The van der Waals surface area contributed by atoms with Crippen molar-refractivity contribution in [3.05, 3.63) is 59.8 Å². The highest BCUT2D eigenvalue weighted by Crippen LogP contribution is 2.38. The van der Waals surface area contributed by atoms with Crippen LogP contribution in [-0.4, -0.2) is 64.2 Å². The summed E-state index contributed by atoms with van der Waals surface area (Å²) in [4.78, 5) is 32.3. The van der Waals surface area contributed by atoms with Crippen molar-refractivity contribution < 1.29 is 19.1 Å². The van der Waals surface area contributed by atoms with Crippen LogP contribution in [0.1, 0.15) is 5.56 Å². The third-order valence-corrected chi connectivity index (χ3v) is 5.39. The predicted molar refractivity (Wildman–Crippen MR) is 116 cm³/mol. The van der Waals surface area contributed by atoms with E-state index >= 15 is 0 Å². The molecule has 0 aromatic heterocycles. The van der Waals surface area contributed by atoms with Crippen molar-refractivity contribution in [3.8, 4) is 5.75 Å². The van der Waals surface area contributed by atoms with E-state index in [9.17, 15) is 9.59 Å². The van der Waals surface area contributed by atoms with Gasteiger partial charge >= 0.3 is 0 Å². The maximum atomic E-state index is 13.6. The van der Waals surface area contributed by atoms with E-state index in [0.29, 0.717) is 54.6 Å². The summed E-state index contributed by atoms with van der Waals surface area (Å²) in [7, 11) is 5.45. The topological polar surface area (TPSA) is 62.3 Å². The number of hydrogen-bond acceptors (Lipinski definition) is 6. The monoisotopic (exact) mass is 407 g/mol. The quantitative estimate of drug-likeness (QED) is 0.710. The Labute approximate surface area is 176 Å². The lowest BCUT2D eigenvalue weighted by Crippen LogP contribution is -2.40. The fraction of sp³-hybridized carbons (Fsp3) is 0.304. The van der Waals surface area contributed by atoms with Crippen molar-refractivity contribution in [2.75, 3.05) is 57.3 Å². The number of benzene rings is 2. The van der Waals surface area contributed by atoms with Crippen LogP contribution in [0.25, 0.3) is 5.57 Å². The molecular formula is C23H25N3O4. The molecule has 7 heteroatoms. The summed E-state index contributed by atoms with van der Waals surface area (Å²) in [6, 6.07) is 14.7. The Bertz CT molecular complexity index is 992. The van der Waals surface area contributed by atoms with Gasteiger partial charge in [0.25, 0.3) is 11.8 Å². The Morgan fingerprint density at radius 3 is 2.23 bits per heavy atom. The molecule has 2 heterocycles. The zero-order valence-corrected chi connectivity index (χ0v) is 17.4. The number of carbonyl (C=O) groups is 2. The van der Waals surface area contributed by atoms with E-state index in [1.165, 1.54) is 4.90 Å². The van der Waals surface area contributed by atoms with E-state index in [2.05, 4.69) is 0 Å². The van der Waals surface area contributed by atoms with E-state index in [0.717, 1.165) is 5.69 Å². The molecule has 4 rings (SSSR count). The van der Waals surface area contributed by atoms with Gasteiger partial charge in [-0.05, 0) is 30.3 Å². The van der Waals surface area contributed by atoms with E-state index < -0.39 is 0 Å². The summed E-state index contributed by atoms with van der Waals surface area (Å²) >= 11 is 0. The van der Waals surface area contributed by atoms with Gasteiger partial charge in [0.15, 0.2) is 0 Å². The lowest BCUT2D eigenvalue weighted by molar-refractivity contribution is -0.121. The van der Waals surface area contributed by atoms with Crippen molar-refractivity contribution in [2.45, 2.75) is 0 Å². The number of morpholine rings is 1. The van der Waals surface area contributed by atoms with E-state index in [1.807, 2.05) is 54.2 Å². The van der Waals surface area contributed by atoms with Gasteiger partial charge < -0.3 is 19.3 Å². The van der Waals surface area contributed by atoms with Crippen LogP contribution in [0.2, 0.25) is 0 Å². The van der Waals surface area contributed by atoms with Gasteiger partial charge in [0.2, 0.25) is 0 Å². The summed E-state index contributed by atoms with van der Waals surface area (Å²) in [5, 5.41) is 0. The number of methoxy groups -OCH3 is 1. The first-order valence-corrected chi connectivity index (χ1v) is 9.89. The van der Waals surface area contributed by atoms with Crippen LogP contribution in [-0.2, 0) is 14.3 Å². The number of anilines is 2. The van der Waals surface area contributed by atoms with Crippen LogP contribution in [0.5, 0.6) is 5.75 Å². The van der Waals surface area contributed by atoms with Gasteiger partial charge in [-0.15, -0.1) is 0 Å². The fourth-order valence-corrected chi connectivity index (χ4v) is 3.83. The molecule has 1 saturated heterocycles. The molecule has 2 aliphatic rings. The van der Waals surface area contributed by atoms with Crippen molar-refractivity contribution in [1.82, 2.24) is 4.90 Å². The summed E-state index contributed by atoms with van der Waals surface area (Å²) in [5.41, 5.74) is 2.93. The molecule has 0 saturated carbocycles. The van der Waals surface area contributed by atoms with Gasteiger partial charge in [-0.1, -0.05) is 18.2 Å². The number of rotatable bonds is 5. The molecule has 7 nitrogen and oxygen atoms in total. The number of carbonyl (C=O) groups excluding carboxylic acids is 2. The van der Waals surface area contributed by atoms with Crippen LogP contribution in [0.15, 0.2) is 54.2 Å². The number of imide groups is 1. The summed E-state index contributed by atoms with van der Waals surface area (Å²) in [6.07, 6.45) is 0. The maximum absolute atomic E-state index is 13.6. The Hall–Kier alpha value is -3.32. The average Bonchev–Trinajstić information content (AvgIpc) is 3.04. The van der Waals surface area contributed by atoms with Gasteiger partial charge in [0, 0.05) is 38.4 Å². The second-order valence-corrected chi connectivity index (χ2v) is 7.38. The maximum Gasteiger partial charge on any atom is 0.282 e. The fourth-order valence-electron chi connectivity index (χ4n) is 3.83. The molecule has 2 aliphatic heterocycles. The molecule has 2 aromatic carbocycles. The minimum Gasteiger partial charge on any atom is -0.496 e. The molecular weight excluding hydrogens is 382 g/mol. The molecule has 30 heavy (non-hydrogen) atoms. The van der Waals surface area contributed by atoms with Gasteiger partial charge in [-0.3, -0.25) is 9.59 Å².